The topological polar surface area (TPSA) is 39.4 Å². The standard InChI is InChI=1S/C20H24O3/c1-12(2)8-7-11-20(5)14(4)17-18(21)16-13(3)9-6-10-15(16)22-19(17)23-20/h6,8-10,14H,7,11H2,1-5H3. The van der Waals surface area contributed by atoms with Crippen molar-refractivity contribution < 1.29 is 9.15 Å². The maximum atomic E-state index is 13.0. The van der Waals surface area contributed by atoms with Gasteiger partial charge >= 0.3 is 0 Å². The molecule has 0 N–H and O–H groups in total. The van der Waals surface area contributed by atoms with Crippen LogP contribution < -0.4 is 10.2 Å². The normalized spacial score (nSPS) is 22.7. The molecule has 23 heavy (non-hydrogen) atoms. The van der Waals surface area contributed by atoms with Gasteiger partial charge in [-0.3, -0.25) is 4.79 Å². The molecule has 1 aliphatic rings. The molecule has 0 saturated heterocycles. The van der Waals surface area contributed by atoms with E-state index in [-0.39, 0.29) is 11.3 Å². The highest BCUT2D eigenvalue weighted by atomic mass is 16.6. The lowest BCUT2D eigenvalue weighted by atomic mass is 9.83. The van der Waals surface area contributed by atoms with Gasteiger partial charge in [-0.15, -0.1) is 0 Å². The molecule has 0 fully saturated rings. The van der Waals surface area contributed by atoms with E-state index in [0.29, 0.717) is 22.5 Å². The molecule has 0 aliphatic carbocycles. The van der Waals surface area contributed by atoms with Crippen molar-refractivity contribution in [2.75, 3.05) is 0 Å². The van der Waals surface area contributed by atoms with Crippen molar-refractivity contribution in [3.63, 3.8) is 0 Å². The van der Waals surface area contributed by atoms with Crippen LogP contribution in [0.4, 0.5) is 0 Å². The van der Waals surface area contributed by atoms with E-state index in [1.807, 2.05) is 25.1 Å². The molecule has 0 amide bonds. The molecule has 2 heterocycles. The molecule has 2 atom stereocenters. The van der Waals surface area contributed by atoms with Gasteiger partial charge in [-0.25, -0.2) is 0 Å². The summed E-state index contributed by atoms with van der Waals surface area (Å²) in [6.07, 6.45) is 4.00. The van der Waals surface area contributed by atoms with E-state index in [2.05, 4.69) is 33.8 Å². The van der Waals surface area contributed by atoms with Gasteiger partial charge in [0.1, 0.15) is 11.2 Å². The van der Waals surface area contributed by atoms with Gasteiger partial charge in [0.15, 0.2) is 0 Å². The first-order valence-corrected chi connectivity index (χ1v) is 8.22. The fraction of sp³-hybridized carbons (Fsp3) is 0.450. The molecule has 2 unspecified atom stereocenters. The highest BCUT2D eigenvalue weighted by Crippen LogP contribution is 2.46. The Morgan fingerprint density at radius 1 is 1.35 bits per heavy atom. The van der Waals surface area contributed by atoms with E-state index in [0.717, 1.165) is 18.4 Å². The van der Waals surface area contributed by atoms with Gasteiger partial charge in [-0.05, 0) is 52.2 Å². The lowest BCUT2D eigenvalue weighted by molar-refractivity contribution is 0.0638. The van der Waals surface area contributed by atoms with Crippen LogP contribution in [0.3, 0.4) is 0 Å². The molecule has 2 aromatic rings. The minimum Gasteiger partial charge on any atom is -0.458 e. The van der Waals surface area contributed by atoms with Crippen molar-refractivity contribution in [2.24, 2.45) is 0 Å². The van der Waals surface area contributed by atoms with E-state index < -0.39 is 5.60 Å². The summed E-state index contributed by atoms with van der Waals surface area (Å²) in [6.45, 7) is 10.3. The van der Waals surface area contributed by atoms with Gasteiger partial charge in [0.2, 0.25) is 5.43 Å². The zero-order chi connectivity index (χ0) is 16.8. The molecule has 122 valence electrons. The lowest BCUT2D eigenvalue weighted by Crippen LogP contribution is -2.33. The number of hydrogen-bond acceptors (Lipinski definition) is 3. The SMILES string of the molecule is CC(C)=CCCC1(C)Oc2oc3cccc(C)c3c(=O)c2C1C. The average Bonchev–Trinajstić information content (AvgIpc) is 2.70. The van der Waals surface area contributed by atoms with Gasteiger partial charge < -0.3 is 9.15 Å². The fourth-order valence-corrected chi connectivity index (χ4v) is 3.37. The molecular weight excluding hydrogens is 288 g/mol. The maximum Gasteiger partial charge on any atom is 0.293 e. The van der Waals surface area contributed by atoms with E-state index in [9.17, 15) is 4.79 Å². The number of hydrogen-bond donors (Lipinski definition) is 0. The Morgan fingerprint density at radius 3 is 2.78 bits per heavy atom. The summed E-state index contributed by atoms with van der Waals surface area (Å²) in [7, 11) is 0. The Bertz CT molecular complexity index is 840. The Morgan fingerprint density at radius 2 is 2.09 bits per heavy atom. The Labute approximate surface area is 137 Å². The number of benzene rings is 1. The molecule has 0 spiro atoms. The molecule has 1 aliphatic heterocycles. The summed E-state index contributed by atoms with van der Waals surface area (Å²) in [4.78, 5) is 13.0. The zero-order valence-electron chi connectivity index (χ0n) is 14.5. The second kappa shape index (κ2) is 5.55. The van der Waals surface area contributed by atoms with Gasteiger partial charge in [-0.1, -0.05) is 30.7 Å². The van der Waals surface area contributed by atoms with Gasteiger partial charge in [0, 0.05) is 5.92 Å². The highest BCUT2D eigenvalue weighted by molar-refractivity contribution is 5.81. The second-order valence-corrected chi connectivity index (χ2v) is 7.04. The van der Waals surface area contributed by atoms with Gasteiger partial charge in [0.25, 0.3) is 5.95 Å². The van der Waals surface area contributed by atoms with Crippen molar-refractivity contribution in [3.05, 3.63) is 51.2 Å². The predicted octanol–water partition coefficient (Wildman–Crippen LogP) is 5.10. The quantitative estimate of drug-likeness (QED) is 0.740. The summed E-state index contributed by atoms with van der Waals surface area (Å²) >= 11 is 0. The van der Waals surface area contributed by atoms with Crippen LogP contribution in [0.1, 0.15) is 57.6 Å². The zero-order valence-corrected chi connectivity index (χ0v) is 14.5. The number of ether oxygens (including phenoxy) is 1. The van der Waals surface area contributed by atoms with E-state index in [4.69, 9.17) is 9.15 Å². The van der Waals surface area contributed by atoms with Crippen LogP contribution in [0.25, 0.3) is 11.0 Å². The molecule has 0 saturated carbocycles. The summed E-state index contributed by atoms with van der Waals surface area (Å²) in [5.74, 6) is 0.420. The third-order valence-electron chi connectivity index (χ3n) is 5.00. The molecular formula is C20H24O3. The predicted molar refractivity (Wildman–Crippen MR) is 93.3 cm³/mol. The Hall–Kier alpha value is -2.03. The number of fused-ring (bicyclic) bond motifs is 2. The Kier molecular flexibility index (Phi) is 3.83. The van der Waals surface area contributed by atoms with Crippen LogP contribution in [-0.4, -0.2) is 5.60 Å². The first-order chi connectivity index (χ1) is 10.8. The Balaban J connectivity index is 2.06. The summed E-state index contributed by atoms with van der Waals surface area (Å²) in [6, 6.07) is 5.68. The van der Waals surface area contributed by atoms with Crippen LogP contribution in [-0.2, 0) is 0 Å². The first kappa shape index (κ1) is 15.9. The van der Waals surface area contributed by atoms with Crippen molar-refractivity contribution in [1.29, 1.82) is 0 Å². The van der Waals surface area contributed by atoms with Crippen LogP contribution in [0.2, 0.25) is 0 Å². The second-order valence-electron chi connectivity index (χ2n) is 7.04. The molecule has 3 heteroatoms. The number of allylic oxidation sites excluding steroid dienone is 2. The molecule has 0 radical (unpaired) electrons. The van der Waals surface area contributed by atoms with E-state index in [1.54, 1.807) is 0 Å². The van der Waals surface area contributed by atoms with Crippen LogP contribution in [0.5, 0.6) is 5.95 Å². The highest BCUT2D eigenvalue weighted by Gasteiger charge is 2.45. The smallest absolute Gasteiger partial charge is 0.293 e. The van der Waals surface area contributed by atoms with Crippen LogP contribution in [0.15, 0.2) is 39.1 Å². The van der Waals surface area contributed by atoms with Crippen molar-refractivity contribution >= 4 is 11.0 Å². The molecule has 3 nitrogen and oxygen atoms in total. The molecule has 0 bridgehead atoms. The van der Waals surface area contributed by atoms with Crippen LogP contribution in [0, 0.1) is 6.92 Å². The monoisotopic (exact) mass is 312 g/mol. The van der Waals surface area contributed by atoms with Crippen LogP contribution >= 0.6 is 0 Å². The van der Waals surface area contributed by atoms with E-state index in [1.165, 1.54) is 5.57 Å². The minimum atomic E-state index is -0.401. The fourth-order valence-electron chi connectivity index (χ4n) is 3.37. The third kappa shape index (κ3) is 2.58. The lowest BCUT2D eigenvalue weighted by Gasteiger charge is -2.27. The molecule has 3 rings (SSSR count). The molecule has 1 aromatic heterocycles. The maximum absolute atomic E-state index is 13.0. The van der Waals surface area contributed by atoms with E-state index >= 15 is 0 Å². The minimum absolute atomic E-state index is 0.0170. The summed E-state index contributed by atoms with van der Waals surface area (Å²) in [5.41, 5.74) is 3.19. The third-order valence-corrected chi connectivity index (χ3v) is 5.00. The average molecular weight is 312 g/mol. The van der Waals surface area contributed by atoms with Crippen molar-refractivity contribution in [1.82, 2.24) is 0 Å². The number of rotatable bonds is 3. The van der Waals surface area contributed by atoms with Gasteiger partial charge in [-0.2, -0.15) is 0 Å². The largest absolute Gasteiger partial charge is 0.458 e. The number of aryl methyl sites for hydroxylation is 1. The first-order valence-electron chi connectivity index (χ1n) is 8.22. The van der Waals surface area contributed by atoms with Gasteiger partial charge in [0.05, 0.1) is 10.9 Å². The van der Waals surface area contributed by atoms with Crippen molar-refractivity contribution in [3.8, 4) is 5.95 Å². The van der Waals surface area contributed by atoms with Crippen molar-refractivity contribution in [2.45, 2.75) is 59.0 Å². The summed E-state index contributed by atoms with van der Waals surface area (Å²) < 4.78 is 12.0. The molecule has 1 aromatic carbocycles. The summed E-state index contributed by atoms with van der Waals surface area (Å²) in [5, 5.41) is 0.676.